The van der Waals surface area contributed by atoms with Gasteiger partial charge in [-0.15, -0.1) is 11.3 Å². The summed E-state index contributed by atoms with van der Waals surface area (Å²) in [7, 11) is 1.96. The van der Waals surface area contributed by atoms with Gasteiger partial charge in [-0.2, -0.15) is 0 Å². The molecule has 1 atom stereocenters. The Bertz CT molecular complexity index is 556. The van der Waals surface area contributed by atoms with Crippen LogP contribution in [0.25, 0.3) is 0 Å². The van der Waals surface area contributed by atoms with Gasteiger partial charge in [0.2, 0.25) is 0 Å². The van der Waals surface area contributed by atoms with Crippen LogP contribution in [-0.4, -0.2) is 18.1 Å². The molecular weight excluding hydrogens is 311 g/mol. The Labute approximate surface area is 134 Å². The Hall–Kier alpha value is -0.610. The van der Waals surface area contributed by atoms with Crippen LogP contribution >= 0.6 is 34.5 Å². The van der Waals surface area contributed by atoms with Crippen LogP contribution in [0.3, 0.4) is 0 Å². The lowest BCUT2D eigenvalue weighted by Gasteiger charge is -2.16. The molecule has 0 bridgehead atoms. The summed E-state index contributed by atoms with van der Waals surface area (Å²) in [5.41, 5.74) is 2.12. The van der Waals surface area contributed by atoms with Crippen molar-refractivity contribution in [1.82, 2.24) is 10.3 Å². The van der Waals surface area contributed by atoms with E-state index >= 15 is 0 Å². The fourth-order valence-corrected chi connectivity index (χ4v) is 3.65. The lowest BCUT2D eigenvalue weighted by atomic mass is 10.0. The molecule has 2 nitrogen and oxygen atoms in total. The molecule has 0 spiro atoms. The first-order valence-corrected chi connectivity index (χ1v) is 8.11. The lowest BCUT2D eigenvalue weighted by Crippen LogP contribution is -2.30. The smallest absolute Gasteiger partial charge is 0.0946 e. The third-order valence-corrected chi connectivity index (χ3v) is 5.22. The van der Waals surface area contributed by atoms with E-state index in [0.29, 0.717) is 0 Å². The number of aromatic nitrogens is 1. The third-order valence-electron chi connectivity index (χ3n) is 3.41. The molecule has 0 aliphatic heterocycles. The van der Waals surface area contributed by atoms with Crippen molar-refractivity contribution in [3.8, 4) is 0 Å². The van der Waals surface area contributed by atoms with Crippen LogP contribution < -0.4 is 5.32 Å². The molecule has 1 unspecified atom stereocenters. The highest BCUT2D eigenvalue weighted by molar-refractivity contribution is 7.11. The molecule has 0 aliphatic carbocycles. The molecule has 0 amide bonds. The molecule has 0 saturated carbocycles. The molecule has 0 fully saturated rings. The summed E-state index contributed by atoms with van der Waals surface area (Å²) in [4.78, 5) is 5.88. The summed E-state index contributed by atoms with van der Waals surface area (Å²) in [6.07, 6.45) is 1.68. The third kappa shape index (κ3) is 3.73. The van der Waals surface area contributed by atoms with E-state index in [9.17, 15) is 0 Å². The quantitative estimate of drug-likeness (QED) is 0.877. The zero-order valence-corrected chi connectivity index (χ0v) is 14.2. The molecular formula is C15H18Cl2N2S. The van der Waals surface area contributed by atoms with E-state index in [1.54, 1.807) is 11.3 Å². The Morgan fingerprint density at radius 1 is 1.20 bits per heavy atom. The first kappa shape index (κ1) is 15.8. The van der Waals surface area contributed by atoms with Gasteiger partial charge in [0, 0.05) is 27.4 Å². The molecule has 0 radical (unpaired) electrons. The van der Waals surface area contributed by atoms with Crippen molar-refractivity contribution in [2.45, 2.75) is 32.7 Å². The summed E-state index contributed by atoms with van der Waals surface area (Å²) in [5.74, 6) is 0. The van der Waals surface area contributed by atoms with Crippen LogP contribution in [0.5, 0.6) is 0 Å². The molecule has 1 heterocycles. The molecule has 1 N–H and O–H groups in total. The standard InChI is InChI=1S/C15H18Cl2N2S/c1-9-10(2)20-15(19-9)8-11(18-3)7-12-13(16)5-4-6-14(12)17/h4-6,11,18H,7-8H2,1-3H3. The van der Waals surface area contributed by atoms with Gasteiger partial charge in [-0.25, -0.2) is 4.98 Å². The zero-order valence-electron chi connectivity index (χ0n) is 11.8. The second-order valence-electron chi connectivity index (χ2n) is 4.84. The van der Waals surface area contributed by atoms with Gasteiger partial charge < -0.3 is 5.32 Å². The van der Waals surface area contributed by atoms with Crippen molar-refractivity contribution in [2.24, 2.45) is 0 Å². The first-order chi connectivity index (χ1) is 9.51. The van der Waals surface area contributed by atoms with Crippen LogP contribution in [0.15, 0.2) is 18.2 Å². The fourth-order valence-electron chi connectivity index (χ4n) is 2.09. The molecule has 0 aliphatic rings. The second kappa shape index (κ2) is 6.90. The van der Waals surface area contributed by atoms with Crippen molar-refractivity contribution < 1.29 is 0 Å². The van der Waals surface area contributed by atoms with Gasteiger partial charge in [-0.05, 0) is 45.0 Å². The summed E-state index contributed by atoms with van der Waals surface area (Å²) in [6, 6.07) is 5.91. The summed E-state index contributed by atoms with van der Waals surface area (Å²) < 4.78 is 0. The first-order valence-electron chi connectivity index (χ1n) is 6.54. The molecule has 108 valence electrons. The van der Waals surface area contributed by atoms with Crippen molar-refractivity contribution in [3.63, 3.8) is 0 Å². The van der Waals surface area contributed by atoms with Gasteiger partial charge >= 0.3 is 0 Å². The maximum absolute atomic E-state index is 6.24. The van der Waals surface area contributed by atoms with Crippen LogP contribution in [0, 0.1) is 13.8 Å². The van der Waals surface area contributed by atoms with Crippen molar-refractivity contribution in [2.75, 3.05) is 7.05 Å². The molecule has 1 aromatic carbocycles. The molecule has 0 saturated heterocycles. The predicted octanol–water partition coefficient (Wildman–Crippen LogP) is 4.44. The van der Waals surface area contributed by atoms with E-state index in [-0.39, 0.29) is 6.04 Å². The van der Waals surface area contributed by atoms with Crippen LogP contribution in [-0.2, 0) is 12.8 Å². The Morgan fingerprint density at radius 2 is 1.85 bits per heavy atom. The average Bonchev–Trinajstić information content (AvgIpc) is 2.71. The number of aryl methyl sites for hydroxylation is 2. The van der Waals surface area contributed by atoms with E-state index in [2.05, 4.69) is 24.1 Å². The Kier molecular flexibility index (Phi) is 5.44. The van der Waals surface area contributed by atoms with Gasteiger partial charge in [0.1, 0.15) is 0 Å². The van der Waals surface area contributed by atoms with Gasteiger partial charge in [0.05, 0.1) is 10.7 Å². The SMILES string of the molecule is CNC(Cc1nc(C)c(C)s1)Cc1c(Cl)cccc1Cl. The van der Waals surface area contributed by atoms with E-state index < -0.39 is 0 Å². The summed E-state index contributed by atoms with van der Waals surface area (Å²) >= 11 is 14.2. The Balaban J connectivity index is 2.13. The van der Waals surface area contributed by atoms with Gasteiger partial charge in [-0.3, -0.25) is 0 Å². The molecule has 2 aromatic rings. The molecule has 20 heavy (non-hydrogen) atoms. The minimum Gasteiger partial charge on any atom is -0.316 e. The fraction of sp³-hybridized carbons (Fsp3) is 0.400. The van der Waals surface area contributed by atoms with Crippen molar-refractivity contribution >= 4 is 34.5 Å². The normalized spacial score (nSPS) is 12.7. The summed E-state index contributed by atoms with van der Waals surface area (Å²) in [6.45, 7) is 4.16. The highest BCUT2D eigenvalue weighted by atomic mass is 35.5. The molecule has 1 aromatic heterocycles. The second-order valence-corrected chi connectivity index (χ2v) is 6.95. The van der Waals surface area contributed by atoms with E-state index in [0.717, 1.165) is 39.2 Å². The highest BCUT2D eigenvalue weighted by Crippen LogP contribution is 2.26. The highest BCUT2D eigenvalue weighted by Gasteiger charge is 2.15. The van der Waals surface area contributed by atoms with Crippen molar-refractivity contribution in [1.29, 1.82) is 0 Å². The topological polar surface area (TPSA) is 24.9 Å². The zero-order chi connectivity index (χ0) is 14.7. The largest absolute Gasteiger partial charge is 0.316 e. The van der Waals surface area contributed by atoms with Gasteiger partial charge in [0.25, 0.3) is 0 Å². The number of nitrogens with zero attached hydrogens (tertiary/aromatic N) is 1. The monoisotopic (exact) mass is 328 g/mol. The van der Waals surface area contributed by atoms with Crippen molar-refractivity contribution in [3.05, 3.63) is 49.4 Å². The van der Waals surface area contributed by atoms with E-state index in [4.69, 9.17) is 23.2 Å². The maximum atomic E-state index is 6.24. The Morgan fingerprint density at radius 3 is 2.35 bits per heavy atom. The number of nitrogens with one attached hydrogen (secondary N) is 1. The molecule has 5 heteroatoms. The van der Waals surface area contributed by atoms with Crippen LogP contribution in [0.2, 0.25) is 10.0 Å². The van der Waals surface area contributed by atoms with E-state index in [1.807, 2.05) is 25.2 Å². The number of hydrogen-bond acceptors (Lipinski definition) is 3. The number of halogens is 2. The van der Waals surface area contributed by atoms with Crippen LogP contribution in [0.4, 0.5) is 0 Å². The van der Waals surface area contributed by atoms with E-state index in [1.165, 1.54) is 4.88 Å². The maximum Gasteiger partial charge on any atom is 0.0946 e. The van der Waals surface area contributed by atoms with Gasteiger partial charge in [0.15, 0.2) is 0 Å². The lowest BCUT2D eigenvalue weighted by molar-refractivity contribution is 0.555. The van der Waals surface area contributed by atoms with Gasteiger partial charge in [-0.1, -0.05) is 29.3 Å². The van der Waals surface area contributed by atoms with Crippen LogP contribution in [0.1, 0.15) is 21.1 Å². The molecule has 2 rings (SSSR count). The summed E-state index contributed by atoms with van der Waals surface area (Å²) in [5, 5.41) is 5.94. The minimum absolute atomic E-state index is 0.275. The average molecular weight is 329 g/mol. The number of hydrogen-bond donors (Lipinski definition) is 1. The minimum atomic E-state index is 0.275. The number of benzene rings is 1. The number of thiazole rings is 1. The number of likely N-dealkylation sites (N-methyl/N-ethyl adjacent to an activating group) is 1. The number of rotatable bonds is 5. The predicted molar refractivity (Wildman–Crippen MR) is 88.3 cm³/mol.